The molecule has 1 nitrogen and oxygen atoms in total. The monoisotopic (exact) mass is 519 g/mol. The van der Waals surface area contributed by atoms with Crippen molar-refractivity contribution >= 4 is 25.3 Å². The van der Waals surface area contributed by atoms with Gasteiger partial charge in [-0.05, 0) is 84.6 Å². The third-order valence-electron chi connectivity index (χ3n) is 7.01. The van der Waals surface area contributed by atoms with Crippen LogP contribution in [0.3, 0.4) is 0 Å². The van der Waals surface area contributed by atoms with Crippen LogP contribution in [0.15, 0.2) is 146 Å². The van der Waals surface area contributed by atoms with Crippen molar-refractivity contribution < 1.29 is 0 Å². The van der Waals surface area contributed by atoms with Crippen molar-refractivity contribution in [1.82, 2.24) is 0 Å². The van der Waals surface area contributed by atoms with Gasteiger partial charge in [0.2, 0.25) is 0 Å². The lowest BCUT2D eigenvalue weighted by Gasteiger charge is -2.26. The molecule has 1 aromatic heterocycles. The van der Waals surface area contributed by atoms with E-state index in [1.165, 1.54) is 52.2 Å². The Morgan fingerprint density at radius 2 is 0.769 bits per heavy atom. The molecule has 2 heteroatoms. The molecule has 0 spiro atoms. The first-order valence-electron chi connectivity index (χ1n) is 13.3. The van der Waals surface area contributed by atoms with E-state index in [0.29, 0.717) is 0 Å². The molecule has 0 N–H and O–H groups in total. The lowest BCUT2D eigenvalue weighted by atomic mass is 10.0. The molecule has 0 bridgehead atoms. The molecule has 0 aliphatic carbocycles. The maximum Gasteiger partial charge on any atom is 0.0462 e. The summed E-state index contributed by atoms with van der Waals surface area (Å²) in [5.41, 5.74) is 10.9. The summed E-state index contributed by atoms with van der Waals surface area (Å²) in [6.45, 7) is 4.26. The van der Waals surface area contributed by atoms with Gasteiger partial charge in [0, 0.05) is 27.7 Å². The molecule has 0 atom stereocenters. The highest BCUT2D eigenvalue weighted by molar-refractivity contribution is 7.37. The SMILES string of the molecule is Cc1ccc(N(c2ccc(C)cc2)c2ccc(-c3cc(-c4ccccc4)pc(-c4ccccc4)c3)cc2)cc1. The Kier molecular flexibility index (Phi) is 7.09. The van der Waals surface area contributed by atoms with E-state index >= 15 is 0 Å². The van der Waals surface area contributed by atoms with Gasteiger partial charge in [-0.3, -0.25) is 0 Å². The van der Waals surface area contributed by atoms with Crippen LogP contribution in [0.5, 0.6) is 0 Å². The van der Waals surface area contributed by atoms with Gasteiger partial charge in [-0.2, -0.15) is 0 Å². The molecule has 6 aromatic rings. The van der Waals surface area contributed by atoms with Crippen LogP contribution in [0, 0.1) is 13.8 Å². The van der Waals surface area contributed by atoms with E-state index in [4.69, 9.17) is 0 Å². The van der Waals surface area contributed by atoms with Gasteiger partial charge in [0.25, 0.3) is 0 Å². The van der Waals surface area contributed by atoms with Crippen molar-refractivity contribution in [3.63, 3.8) is 0 Å². The summed E-state index contributed by atoms with van der Waals surface area (Å²) in [5.74, 6) is 0. The van der Waals surface area contributed by atoms with Crippen molar-refractivity contribution in [3.05, 3.63) is 157 Å². The number of hydrogen-bond donors (Lipinski definition) is 0. The number of rotatable bonds is 6. The van der Waals surface area contributed by atoms with E-state index < -0.39 is 0 Å². The van der Waals surface area contributed by atoms with Crippen LogP contribution in [0.2, 0.25) is 0 Å². The zero-order valence-corrected chi connectivity index (χ0v) is 23.1. The van der Waals surface area contributed by atoms with Gasteiger partial charge >= 0.3 is 0 Å². The Labute approximate surface area is 233 Å². The minimum Gasteiger partial charge on any atom is -0.311 e. The molecule has 0 fully saturated rings. The first kappa shape index (κ1) is 24.9. The second-order valence-electron chi connectivity index (χ2n) is 9.91. The normalized spacial score (nSPS) is 10.8. The summed E-state index contributed by atoms with van der Waals surface area (Å²) in [6.07, 6.45) is 0. The molecule has 188 valence electrons. The van der Waals surface area contributed by atoms with Gasteiger partial charge in [-0.15, -0.1) is 0 Å². The van der Waals surface area contributed by atoms with Crippen molar-refractivity contribution in [1.29, 1.82) is 0 Å². The summed E-state index contributed by atoms with van der Waals surface area (Å²) in [6, 6.07) is 52.6. The maximum absolute atomic E-state index is 2.34. The highest BCUT2D eigenvalue weighted by Crippen LogP contribution is 2.42. The summed E-state index contributed by atoms with van der Waals surface area (Å²) in [7, 11) is 1.23. The molecule has 1 heterocycles. The van der Waals surface area contributed by atoms with E-state index in [-0.39, 0.29) is 0 Å². The van der Waals surface area contributed by atoms with Crippen LogP contribution >= 0.6 is 8.19 Å². The first-order chi connectivity index (χ1) is 19.1. The Bertz CT molecular complexity index is 1570. The lowest BCUT2D eigenvalue weighted by Crippen LogP contribution is -2.09. The van der Waals surface area contributed by atoms with Gasteiger partial charge < -0.3 is 4.90 Å². The standard InChI is InChI=1S/C37H30NP/c1-27-13-19-33(20-14-27)38(34-21-15-28(2)16-22-34)35-23-17-29(18-24-35)32-25-36(30-9-5-3-6-10-30)39-37(26-32)31-11-7-4-8-12-31/h3-26H,1-2H3. The van der Waals surface area contributed by atoms with Crippen molar-refractivity contribution in [2.75, 3.05) is 4.90 Å². The van der Waals surface area contributed by atoms with E-state index in [9.17, 15) is 0 Å². The second-order valence-corrected chi connectivity index (χ2v) is 11.1. The molecular formula is C37H30NP. The molecule has 0 radical (unpaired) electrons. The van der Waals surface area contributed by atoms with Crippen molar-refractivity contribution in [3.8, 4) is 32.8 Å². The van der Waals surface area contributed by atoms with Gasteiger partial charge in [0.1, 0.15) is 0 Å². The molecule has 0 unspecified atom stereocenters. The molecule has 39 heavy (non-hydrogen) atoms. The Hall–Kier alpha value is -4.45. The molecule has 0 aliphatic rings. The predicted octanol–water partition coefficient (Wildman–Crippen LogP) is 11.4. The van der Waals surface area contributed by atoms with Gasteiger partial charge in [0.15, 0.2) is 0 Å². The minimum atomic E-state index is 1.14. The van der Waals surface area contributed by atoms with Crippen LogP contribution in [0.25, 0.3) is 32.8 Å². The topological polar surface area (TPSA) is 3.24 Å². The highest BCUT2D eigenvalue weighted by Gasteiger charge is 2.13. The highest BCUT2D eigenvalue weighted by atomic mass is 31.0. The minimum absolute atomic E-state index is 1.14. The Balaban J connectivity index is 1.43. The zero-order valence-electron chi connectivity index (χ0n) is 22.3. The third kappa shape index (κ3) is 5.55. The molecule has 0 saturated carbocycles. The van der Waals surface area contributed by atoms with Gasteiger partial charge in [-0.25, -0.2) is 0 Å². The number of benzene rings is 5. The average molecular weight is 520 g/mol. The second kappa shape index (κ2) is 11.1. The van der Waals surface area contributed by atoms with Crippen molar-refractivity contribution in [2.24, 2.45) is 0 Å². The summed E-state index contributed by atoms with van der Waals surface area (Å²) in [4.78, 5) is 2.32. The predicted molar refractivity (Wildman–Crippen MR) is 169 cm³/mol. The molecule has 0 amide bonds. The Morgan fingerprint density at radius 1 is 0.385 bits per heavy atom. The zero-order chi connectivity index (χ0) is 26.6. The summed E-state index contributed by atoms with van der Waals surface area (Å²) < 4.78 is 0. The van der Waals surface area contributed by atoms with Crippen LogP contribution in [-0.2, 0) is 0 Å². The molecule has 0 aliphatic heterocycles. The largest absolute Gasteiger partial charge is 0.311 e. The maximum atomic E-state index is 2.34. The Morgan fingerprint density at radius 3 is 1.18 bits per heavy atom. The fourth-order valence-corrected chi connectivity index (χ4v) is 6.07. The quantitative estimate of drug-likeness (QED) is 0.211. The smallest absolute Gasteiger partial charge is 0.0462 e. The van der Waals surface area contributed by atoms with Gasteiger partial charge in [0.05, 0.1) is 0 Å². The van der Waals surface area contributed by atoms with Crippen LogP contribution in [-0.4, -0.2) is 0 Å². The number of hydrogen-bond acceptors (Lipinski definition) is 1. The third-order valence-corrected chi connectivity index (χ3v) is 8.26. The van der Waals surface area contributed by atoms with Crippen LogP contribution in [0.4, 0.5) is 17.1 Å². The van der Waals surface area contributed by atoms with Crippen LogP contribution in [0.1, 0.15) is 11.1 Å². The fraction of sp³-hybridized carbons (Fsp3) is 0.0541. The van der Waals surface area contributed by atoms with Gasteiger partial charge in [-0.1, -0.05) is 116 Å². The molecule has 6 rings (SSSR count). The fourth-order valence-electron chi connectivity index (χ4n) is 4.85. The van der Waals surface area contributed by atoms with Crippen molar-refractivity contribution in [2.45, 2.75) is 13.8 Å². The van der Waals surface area contributed by atoms with E-state index in [1.54, 1.807) is 0 Å². The number of nitrogens with zero attached hydrogens (tertiary/aromatic N) is 1. The summed E-state index contributed by atoms with van der Waals surface area (Å²) >= 11 is 0. The van der Waals surface area contributed by atoms with E-state index in [2.05, 4.69) is 164 Å². The van der Waals surface area contributed by atoms with Crippen LogP contribution < -0.4 is 4.90 Å². The lowest BCUT2D eigenvalue weighted by molar-refractivity contribution is 1.27. The average Bonchev–Trinajstić information content (AvgIpc) is 3.00. The molecule has 5 aromatic carbocycles. The number of aryl methyl sites for hydroxylation is 2. The van der Waals surface area contributed by atoms with E-state index in [1.807, 2.05) is 0 Å². The summed E-state index contributed by atoms with van der Waals surface area (Å²) in [5, 5.41) is 2.63. The number of anilines is 3. The molecule has 0 saturated heterocycles. The first-order valence-corrected chi connectivity index (χ1v) is 14.2. The molecular weight excluding hydrogens is 489 g/mol. The van der Waals surface area contributed by atoms with E-state index in [0.717, 1.165) is 17.1 Å².